The molecule has 0 aromatic heterocycles. The van der Waals surface area contributed by atoms with Crippen LogP contribution < -0.4 is 0 Å². The zero-order valence-corrected chi connectivity index (χ0v) is 9.29. The molecule has 2 bridgehead atoms. The Morgan fingerprint density at radius 3 is 3.07 bits per heavy atom. The molecule has 0 saturated heterocycles. The number of esters is 1. The predicted octanol–water partition coefficient (Wildman–Crippen LogP) is 3.03. The van der Waals surface area contributed by atoms with Crippen molar-refractivity contribution in [1.29, 1.82) is 0 Å². The van der Waals surface area contributed by atoms with Crippen molar-refractivity contribution < 1.29 is 9.53 Å². The van der Waals surface area contributed by atoms with E-state index in [1.807, 2.05) is 6.92 Å². The molecule has 0 N–H and O–H groups in total. The summed E-state index contributed by atoms with van der Waals surface area (Å²) in [6.07, 6.45) is 6.89. The summed E-state index contributed by atoms with van der Waals surface area (Å²) < 4.78 is 5.44. The van der Waals surface area contributed by atoms with E-state index < -0.39 is 0 Å². The zero-order chi connectivity index (χ0) is 10.4. The highest BCUT2D eigenvalue weighted by molar-refractivity contribution is 5.70. The van der Waals surface area contributed by atoms with E-state index >= 15 is 0 Å². The first-order valence-corrected chi connectivity index (χ1v) is 6.22. The van der Waals surface area contributed by atoms with Crippen LogP contribution in [0.15, 0.2) is 11.3 Å². The van der Waals surface area contributed by atoms with E-state index in [-0.39, 0.29) is 5.97 Å². The number of fused-ring (bicyclic) bond motifs is 5. The summed E-state index contributed by atoms with van der Waals surface area (Å²) in [7, 11) is 0. The minimum atomic E-state index is -0.0559. The van der Waals surface area contributed by atoms with E-state index in [1.54, 1.807) is 0 Å². The number of carbonyl (C=O) groups excluding carboxylic acids is 1. The second-order valence-electron chi connectivity index (χ2n) is 5.15. The normalized spacial score (nSPS) is 37.3. The van der Waals surface area contributed by atoms with Gasteiger partial charge >= 0.3 is 5.97 Å². The molecule has 3 rings (SSSR count). The van der Waals surface area contributed by atoms with Crippen molar-refractivity contribution in [2.75, 3.05) is 0 Å². The van der Waals surface area contributed by atoms with Crippen LogP contribution in [0.1, 0.15) is 45.4 Å². The first kappa shape index (κ1) is 9.44. The Hall–Kier alpha value is -0.790. The van der Waals surface area contributed by atoms with Gasteiger partial charge in [-0.05, 0) is 42.6 Å². The van der Waals surface area contributed by atoms with E-state index in [4.69, 9.17) is 4.74 Å². The summed E-state index contributed by atoms with van der Waals surface area (Å²) in [6, 6.07) is 0. The third-order valence-electron chi connectivity index (χ3n) is 4.44. The molecule has 0 aliphatic heterocycles. The molecule has 3 aliphatic carbocycles. The van der Waals surface area contributed by atoms with Crippen molar-refractivity contribution in [3.05, 3.63) is 11.3 Å². The molecular weight excluding hydrogens is 188 g/mol. The fourth-order valence-electron chi connectivity index (χ4n) is 3.80. The van der Waals surface area contributed by atoms with Crippen molar-refractivity contribution in [1.82, 2.24) is 0 Å². The second-order valence-corrected chi connectivity index (χ2v) is 5.15. The van der Waals surface area contributed by atoms with Crippen LogP contribution >= 0.6 is 0 Å². The third kappa shape index (κ3) is 1.34. The number of ether oxygens (including phenoxy) is 1. The van der Waals surface area contributed by atoms with Gasteiger partial charge < -0.3 is 4.74 Å². The Kier molecular flexibility index (Phi) is 2.11. The van der Waals surface area contributed by atoms with Gasteiger partial charge in [-0.3, -0.25) is 4.79 Å². The first-order valence-electron chi connectivity index (χ1n) is 6.22. The van der Waals surface area contributed by atoms with E-state index in [9.17, 15) is 4.79 Å². The smallest absolute Gasteiger partial charge is 0.310 e. The Labute approximate surface area is 90.7 Å². The summed E-state index contributed by atoms with van der Waals surface area (Å²) in [5.41, 5.74) is 1.50. The highest BCUT2D eigenvalue weighted by Gasteiger charge is 2.48. The molecule has 0 amide bonds. The molecule has 2 fully saturated rings. The number of hydrogen-bond acceptors (Lipinski definition) is 2. The summed E-state index contributed by atoms with van der Waals surface area (Å²) in [5.74, 6) is 3.52. The average molecular weight is 206 g/mol. The Morgan fingerprint density at radius 2 is 2.27 bits per heavy atom. The molecule has 0 heterocycles. The molecule has 82 valence electrons. The third-order valence-corrected chi connectivity index (χ3v) is 4.44. The molecule has 15 heavy (non-hydrogen) atoms. The van der Waals surface area contributed by atoms with E-state index in [2.05, 4.69) is 0 Å². The van der Waals surface area contributed by atoms with Gasteiger partial charge in [0.25, 0.3) is 0 Å². The van der Waals surface area contributed by atoms with E-state index in [0.717, 1.165) is 29.9 Å². The van der Waals surface area contributed by atoms with Gasteiger partial charge in [-0.25, -0.2) is 0 Å². The SMILES string of the molecule is CCC(=O)OC1=C2CC(C1)C1CCCC21. The van der Waals surface area contributed by atoms with Crippen LogP contribution in [0.25, 0.3) is 0 Å². The zero-order valence-electron chi connectivity index (χ0n) is 9.29. The van der Waals surface area contributed by atoms with Crippen LogP contribution in [0.2, 0.25) is 0 Å². The van der Waals surface area contributed by atoms with Gasteiger partial charge in [0.1, 0.15) is 5.76 Å². The lowest BCUT2D eigenvalue weighted by Gasteiger charge is -2.23. The highest BCUT2D eigenvalue weighted by Crippen LogP contribution is 2.58. The van der Waals surface area contributed by atoms with Crippen molar-refractivity contribution in [3.63, 3.8) is 0 Å². The van der Waals surface area contributed by atoms with Gasteiger partial charge in [-0.1, -0.05) is 13.3 Å². The monoisotopic (exact) mass is 206 g/mol. The van der Waals surface area contributed by atoms with Crippen LogP contribution in [-0.4, -0.2) is 5.97 Å². The molecule has 3 atom stereocenters. The average Bonchev–Trinajstić information content (AvgIpc) is 2.87. The van der Waals surface area contributed by atoms with E-state index in [0.29, 0.717) is 6.42 Å². The van der Waals surface area contributed by atoms with Crippen molar-refractivity contribution in [2.24, 2.45) is 17.8 Å². The van der Waals surface area contributed by atoms with E-state index in [1.165, 1.54) is 31.3 Å². The van der Waals surface area contributed by atoms with Crippen molar-refractivity contribution in [3.8, 4) is 0 Å². The Bertz CT molecular complexity index is 329. The lowest BCUT2D eigenvalue weighted by atomic mass is 9.85. The summed E-state index contributed by atoms with van der Waals surface area (Å²) in [6.45, 7) is 1.86. The van der Waals surface area contributed by atoms with Gasteiger partial charge in [-0.2, -0.15) is 0 Å². The standard InChI is InChI=1S/C13H18O2/c1-2-13(14)15-12-7-8-6-11(12)10-5-3-4-9(8)10/h8-10H,2-7H2,1H3. The quantitative estimate of drug-likeness (QED) is 0.649. The molecule has 3 aliphatic rings. The lowest BCUT2D eigenvalue weighted by molar-refractivity contribution is -0.139. The first-order chi connectivity index (χ1) is 7.29. The predicted molar refractivity (Wildman–Crippen MR) is 57.0 cm³/mol. The Balaban J connectivity index is 1.80. The summed E-state index contributed by atoms with van der Waals surface area (Å²) in [4.78, 5) is 11.3. The molecule has 2 heteroatoms. The highest BCUT2D eigenvalue weighted by atomic mass is 16.5. The van der Waals surface area contributed by atoms with Gasteiger partial charge in [0.15, 0.2) is 0 Å². The summed E-state index contributed by atoms with van der Waals surface area (Å²) >= 11 is 0. The number of hydrogen-bond donors (Lipinski definition) is 0. The molecule has 0 aromatic rings. The molecular formula is C13H18O2. The van der Waals surface area contributed by atoms with Gasteiger partial charge in [-0.15, -0.1) is 0 Å². The fraction of sp³-hybridized carbons (Fsp3) is 0.769. The summed E-state index contributed by atoms with van der Waals surface area (Å²) in [5, 5.41) is 0. The van der Waals surface area contributed by atoms with Crippen LogP contribution in [-0.2, 0) is 9.53 Å². The van der Waals surface area contributed by atoms with Crippen molar-refractivity contribution >= 4 is 5.97 Å². The van der Waals surface area contributed by atoms with Crippen LogP contribution in [0.4, 0.5) is 0 Å². The molecule has 2 saturated carbocycles. The molecule has 0 spiro atoms. The number of carbonyl (C=O) groups is 1. The second kappa shape index (κ2) is 3.36. The molecule has 0 aromatic carbocycles. The maximum atomic E-state index is 11.3. The molecule has 0 radical (unpaired) electrons. The maximum Gasteiger partial charge on any atom is 0.310 e. The largest absolute Gasteiger partial charge is 0.431 e. The fourth-order valence-corrected chi connectivity index (χ4v) is 3.80. The topological polar surface area (TPSA) is 26.3 Å². The minimum absolute atomic E-state index is 0.0559. The molecule has 3 unspecified atom stereocenters. The number of rotatable bonds is 2. The number of allylic oxidation sites excluding steroid dienone is 2. The maximum absolute atomic E-state index is 11.3. The van der Waals surface area contributed by atoms with Crippen LogP contribution in [0.3, 0.4) is 0 Å². The van der Waals surface area contributed by atoms with Gasteiger partial charge in [0.2, 0.25) is 0 Å². The van der Waals surface area contributed by atoms with Crippen LogP contribution in [0, 0.1) is 17.8 Å². The lowest BCUT2D eigenvalue weighted by Crippen LogP contribution is -2.16. The van der Waals surface area contributed by atoms with Crippen LogP contribution in [0.5, 0.6) is 0 Å². The minimum Gasteiger partial charge on any atom is -0.431 e. The Morgan fingerprint density at radius 1 is 1.40 bits per heavy atom. The van der Waals surface area contributed by atoms with Gasteiger partial charge in [0.05, 0.1) is 0 Å². The molecule has 2 nitrogen and oxygen atoms in total. The van der Waals surface area contributed by atoms with Gasteiger partial charge in [0, 0.05) is 12.8 Å². The van der Waals surface area contributed by atoms with Crippen molar-refractivity contribution in [2.45, 2.75) is 45.4 Å².